The predicted octanol–water partition coefficient (Wildman–Crippen LogP) is 2.73. The van der Waals surface area contributed by atoms with E-state index in [-0.39, 0.29) is 18.0 Å². The molecule has 0 spiro atoms. The number of aromatic nitrogens is 2. The minimum absolute atomic E-state index is 0.0891. The molecule has 0 unspecified atom stereocenters. The fourth-order valence-corrected chi connectivity index (χ4v) is 3.51. The third kappa shape index (κ3) is 3.26. The Hall–Kier alpha value is -2.34. The second-order valence-corrected chi connectivity index (χ2v) is 6.82. The van der Waals surface area contributed by atoms with Crippen molar-refractivity contribution in [1.29, 1.82) is 0 Å². The predicted molar refractivity (Wildman–Crippen MR) is 94.7 cm³/mol. The van der Waals surface area contributed by atoms with E-state index in [2.05, 4.69) is 5.10 Å². The summed E-state index contributed by atoms with van der Waals surface area (Å²) < 4.78 is 7.14. The third-order valence-corrected chi connectivity index (χ3v) is 4.78. The molecular weight excluding hydrogens is 318 g/mol. The SMILES string of the molecule is COc1cccc([C@@H]2C[C@H](O)CN2C(=O)c2cnn(C(C)C)c2C)c1. The molecule has 0 saturated carbocycles. The van der Waals surface area contributed by atoms with Crippen LogP contribution in [0.5, 0.6) is 5.75 Å². The van der Waals surface area contributed by atoms with E-state index in [0.29, 0.717) is 18.5 Å². The van der Waals surface area contributed by atoms with Gasteiger partial charge in [-0.1, -0.05) is 12.1 Å². The number of ether oxygens (including phenoxy) is 1. The van der Waals surface area contributed by atoms with Crippen LogP contribution in [0.25, 0.3) is 0 Å². The highest BCUT2D eigenvalue weighted by molar-refractivity contribution is 5.95. The van der Waals surface area contributed by atoms with Crippen LogP contribution in [0.2, 0.25) is 0 Å². The van der Waals surface area contributed by atoms with Crippen LogP contribution in [0.3, 0.4) is 0 Å². The molecule has 1 N–H and O–H groups in total. The first-order chi connectivity index (χ1) is 11.9. The summed E-state index contributed by atoms with van der Waals surface area (Å²) in [5.41, 5.74) is 2.42. The van der Waals surface area contributed by atoms with Gasteiger partial charge < -0.3 is 14.7 Å². The minimum atomic E-state index is -0.527. The lowest BCUT2D eigenvalue weighted by Gasteiger charge is -2.25. The van der Waals surface area contributed by atoms with E-state index in [0.717, 1.165) is 17.0 Å². The Labute approximate surface area is 148 Å². The lowest BCUT2D eigenvalue weighted by molar-refractivity contribution is 0.0714. The molecule has 1 aromatic carbocycles. The zero-order valence-corrected chi connectivity index (χ0v) is 15.1. The topological polar surface area (TPSA) is 67.6 Å². The molecule has 1 saturated heterocycles. The Morgan fingerprint density at radius 2 is 2.16 bits per heavy atom. The van der Waals surface area contributed by atoms with Gasteiger partial charge in [0.2, 0.25) is 0 Å². The van der Waals surface area contributed by atoms with Gasteiger partial charge in [0.1, 0.15) is 5.75 Å². The highest BCUT2D eigenvalue weighted by atomic mass is 16.5. The first kappa shape index (κ1) is 17.5. The molecule has 1 fully saturated rings. The minimum Gasteiger partial charge on any atom is -0.497 e. The zero-order chi connectivity index (χ0) is 18.1. The number of aliphatic hydroxyl groups is 1. The largest absolute Gasteiger partial charge is 0.497 e. The van der Waals surface area contributed by atoms with Crippen LogP contribution in [-0.4, -0.2) is 45.5 Å². The second-order valence-electron chi connectivity index (χ2n) is 6.82. The van der Waals surface area contributed by atoms with Crippen LogP contribution in [0, 0.1) is 6.92 Å². The van der Waals surface area contributed by atoms with Crippen LogP contribution < -0.4 is 4.74 Å². The number of amides is 1. The molecule has 2 atom stereocenters. The summed E-state index contributed by atoms with van der Waals surface area (Å²) in [6.07, 6.45) is 1.63. The van der Waals surface area contributed by atoms with Gasteiger partial charge in [-0.3, -0.25) is 9.48 Å². The molecule has 0 radical (unpaired) electrons. The van der Waals surface area contributed by atoms with E-state index in [9.17, 15) is 9.90 Å². The van der Waals surface area contributed by atoms with Crippen molar-refractivity contribution in [2.45, 2.75) is 45.4 Å². The summed E-state index contributed by atoms with van der Waals surface area (Å²) in [5.74, 6) is 0.656. The van der Waals surface area contributed by atoms with Crippen LogP contribution in [0.1, 0.15) is 54.0 Å². The van der Waals surface area contributed by atoms with E-state index in [1.807, 2.05) is 49.7 Å². The zero-order valence-electron chi connectivity index (χ0n) is 15.1. The molecular formula is C19H25N3O3. The number of hydrogen-bond donors (Lipinski definition) is 1. The van der Waals surface area contributed by atoms with Gasteiger partial charge in [-0.25, -0.2) is 0 Å². The fourth-order valence-electron chi connectivity index (χ4n) is 3.51. The van der Waals surface area contributed by atoms with Crippen LogP contribution in [0.15, 0.2) is 30.5 Å². The van der Waals surface area contributed by atoms with Gasteiger partial charge in [0.15, 0.2) is 0 Å². The molecule has 1 amide bonds. The maximum atomic E-state index is 13.1. The van der Waals surface area contributed by atoms with Crippen molar-refractivity contribution in [3.63, 3.8) is 0 Å². The van der Waals surface area contributed by atoms with Crippen molar-refractivity contribution in [3.05, 3.63) is 47.3 Å². The number of methoxy groups -OCH3 is 1. The molecule has 1 aliphatic heterocycles. The fraction of sp³-hybridized carbons (Fsp3) is 0.474. The van der Waals surface area contributed by atoms with Gasteiger partial charge >= 0.3 is 0 Å². The van der Waals surface area contributed by atoms with Crippen molar-refractivity contribution in [1.82, 2.24) is 14.7 Å². The molecule has 0 bridgehead atoms. The van der Waals surface area contributed by atoms with Crippen LogP contribution >= 0.6 is 0 Å². The Bertz CT molecular complexity index is 769. The number of carbonyl (C=O) groups excluding carboxylic acids is 1. The molecule has 2 heterocycles. The van der Waals surface area contributed by atoms with E-state index >= 15 is 0 Å². The summed E-state index contributed by atoms with van der Waals surface area (Å²) in [6.45, 7) is 6.31. The number of carbonyl (C=O) groups is 1. The van der Waals surface area contributed by atoms with Gasteiger partial charge in [0.25, 0.3) is 5.91 Å². The van der Waals surface area contributed by atoms with Crippen molar-refractivity contribution in [3.8, 4) is 5.75 Å². The lowest BCUT2D eigenvalue weighted by atomic mass is 10.0. The van der Waals surface area contributed by atoms with Crippen LogP contribution in [-0.2, 0) is 0 Å². The van der Waals surface area contributed by atoms with Gasteiger partial charge in [-0.05, 0) is 44.9 Å². The maximum Gasteiger partial charge on any atom is 0.257 e. The number of aliphatic hydroxyl groups excluding tert-OH is 1. The van der Waals surface area contributed by atoms with Crippen molar-refractivity contribution >= 4 is 5.91 Å². The van der Waals surface area contributed by atoms with E-state index in [1.165, 1.54) is 0 Å². The summed E-state index contributed by atoms with van der Waals surface area (Å²) in [7, 11) is 1.62. The van der Waals surface area contributed by atoms with Gasteiger partial charge in [-0.15, -0.1) is 0 Å². The molecule has 134 valence electrons. The average molecular weight is 343 g/mol. The number of nitrogens with zero attached hydrogens (tertiary/aromatic N) is 3. The van der Waals surface area contributed by atoms with E-state index < -0.39 is 6.10 Å². The standard InChI is InChI=1S/C19H25N3O3/c1-12(2)22-13(3)17(10-20-22)19(24)21-11-15(23)9-18(21)14-6-5-7-16(8-14)25-4/h5-8,10,12,15,18,23H,9,11H2,1-4H3/t15-,18-/m0/s1. The first-order valence-corrected chi connectivity index (χ1v) is 8.59. The molecule has 1 aliphatic rings. The van der Waals surface area contributed by atoms with Crippen molar-refractivity contribution in [2.24, 2.45) is 0 Å². The number of rotatable bonds is 4. The second kappa shape index (κ2) is 6.88. The van der Waals surface area contributed by atoms with Gasteiger partial charge in [-0.2, -0.15) is 5.10 Å². The summed E-state index contributed by atoms with van der Waals surface area (Å²) >= 11 is 0. The third-order valence-electron chi connectivity index (χ3n) is 4.78. The van der Waals surface area contributed by atoms with Crippen molar-refractivity contribution < 1.29 is 14.6 Å². The summed E-state index contributed by atoms with van der Waals surface area (Å²) in [5, 5.41) is 14.5. The molecule has 3 rings (SSSR count). The highest BCUT2D eigenvalue weighted by Crippen LogP contribution is 2.35. The monoisotopic (exact) mass is 343 g/mol. The molecule has 25 heavy (non-hydrogen) atoms. The van der Waals surface area contributed by atoms with Crippen LogP contribution in [0.4, 0.5) is 0 Å². The summed E-state index contributed by atoms with van der Waals surface area (Å²) in [4.78, 5) is 14.9. The van der Waals surface area contributed by atoms with Gasteiger partial charge in [0.05, 0.1) is 31.0 Å². The lowest BCUT2D eigenvalue weighted by Crippen LogP contribution is -2.32. The molecule has 0 aliphatic carbocycles. The quantitative estimate of drug-likeness (QED) is 0.927. The number of hydrogen-bond acceptors (Lipinski definition) is 4. The van der Waals surface area contributed by atoms with E-state index in [1.54, 1.807) is 18.2 Å². The van der Waals surface area contributed by atoms with E-state index in [4.69, 9.17) is 4.74 Å². The average Bonchev–Trinajstić information content (AvgIpc) is 3.17. The molecule has 1 aromatic heterocycles. The normalized spacial score (nSPS) is 20.3. The Morgan fingerprint density at radius 3 is 2.80 bits per heavy atom. The number of likely N-dealkylation sites (tertiary alicyclic amines) is 1. The maximum absolute atomic E-state index is 13.1. The Morgan fingerprint density at radius 1 is 1.40 bits per heavy atom. The molecule has 6 nitrogen and oxygen atoms in total. The molecule has 2 aromatic rings. The van der Waals surface area contributed by atoms with Gasteiger partial charge in [0, 0.05) is 18.3 Å². The number of benzene rings is 1. The first-order valence-electron chi connectivity index (χ1n) is 8.59. The smallest absolute Gasteiger partial charge is 0.257 e. The summed E-state index contributed by atoms with van der Waals surface area (Å²) in [6, 6.07) is 7.70. The number of β-amino-alcohol motifs (C(OH)–C–C–N with tert-alkyl or cyclic N) is 1. The Balaban J connectivity index is 1.92. The highest BCUT2D eigenvalue weighted by Gasteiger charge is 2.37. The molecule has 6 heteroatoms. The Kier molecular flexibility index (Phi) is 4.81. The van der Waals surface area contributed by atoms with Crippen molar-refractivity contribution in [2.75, 3.05) is 13.7 Å².